The lowest BCUT2D eigenvalue weighted by molar-refractivity contribution is 0.198. The summed E-state index contributed by atoms with van der Waals surface area (Å²) in [7, 11) is -3.77. The fourth-order valence-electron chi connectivity index (χ4n) is 13.1. The first kappa shape index (κ1) is 71.6. The maximum absolute atomic E-state index is 6.92. The van der Waals surface area contributed by atoms with E-state index in [1.807, 2.05) is 24.3 Å². The molecule has 1 saturated heterocycles. The molecule has 0 N–H and O–H groups in total. The van der Waals surface area contributed by atoms with E-state index in [0.717, 1.165) is 65.7 Å². The molecule has 0 aliphatic carbocycles. The molecule has 0 spiro atoms. The van der Waals surface area contributed by atoms with Crippen molar-refractivity contribution in [1.29, 1.82) is 0 Å². The van der Waals surface area contributed by atoms with Crippen molar-refractivity contribution < 1.29 is 13.6 Å². The van der Waals surface area contributed by atoms with E-state index in [1.165, 1.54) is 41.0 Å². The van der Waals surface area contributed by atoms with Crippen LogP contribution in [0.1, 0.15) is 164 Å². The third-order valence-electron chi connectivity index (χ3n) is 17.6. The zero-order chi connectivity index (χ0) is 62.9. The van der Waals surface area contributed by atoms with Crippen molar-refractivity contribution in [3.05, 3.63) is 254 Å². The van der Waals surface area contributed by atoms with Gasteiger partial charge in [-0.1, -0.05) is 251 Å². The van der Waals surface area contributed by atoms with Crippen LogP contribution in [-0.2, 0) is 4.74 Å². The van der Waals surface area contributed by atoms with Gasteiger partial charge in [-0.2, -0.15) is 0 Å². The van der Waals surface area contributed by atoms with Gasteiger partial charge in [0.25, 0.3) is 16.6 Å². The van der Waals surface area contributed by atoms with Crippen LogP contribution in [0.4, 0.5) is 34.1 Å². The molecule has 9 rings (SSSR count). The SMILES string of the molecule is C.C1CCOC1.C=Cc1ccc(N(c2ccccc2)c2ccccc2)cc1.C=Cc1ccc(O[Si](C(C)C)(C(C)C)C(C)C)cc1.CCC(CC(C)c1ccc(O[Si](C(C)C)(C(C)C)C(C)C)cc1)c1ccc(N(c2ccccc2)c2ccccc2)cc1. The second-order valence-corrected chi connectivity index (χ2v) is 35.9. The van der Waals surface area contributed by atoms with Crippen LogP contribution in [0.15, 0.2) is 232 Å². The average molecular weight is 1210 g/mol. The van der Waals surface area contributed by atoms with Crippen LogP contribution in [0.2, 0.25) is 33.2 Å². The second kappa shape index (κ2) is 35.7. The van der Waals surface area contributed by atoms with Crippen LogP contribution < -0.4 is 18.7 Å². The van der Waals surface area contributed by atoms with Crippen LogP contribution in [0.5, 0.6) is 11.5 Å². The Morgan fingerprint density at radius 3 is 0.932 bits per heavy atom. The number of para-hydroxylation sites is 4. The smallest absolute Gasteiger partial charge is 0.258 e. The summed E-state index contributed by atoms with van der Waals surface area (Å²) >= 11 is 0. The molecule has 0 amide bonds. The number of nitrogens with zero attached hydrogens (tertiary/aromatic N) is 2. The molecule has 0 bridgehead atoms. The van der Waals surface area contributed by atoms with Gasteiger partial charge in [0.2, 0.25) is 0 Å². The van der Waals surface area contributed by atoms with Crippen molar-refractivity contribution in [2.45, 2.75) is 175 Å². The maximum atomic E-state index is 6.92. The quantitative estimate of drug-likeness (QED) is 0.0596. The van der Waals surface area contributed by atoms with E-state index in [2.05, 4.69) is 326 Å². The second-order valence-electron chi connectivity index (χ2n) is 25.1. The molecular formula is C81H108N2O3Si2. The largest absolute Gasteiger partial charge is 0.543 e. The van der Waals surface area contributed by atoms with Crippen LogP contribution in [-0.4, -0.2) is 29.8 Å². The molecule has 468 valence electrons. The monoisotopic (exact) mass is 1210 g/mol. The molecule has 0 aromatic heterocycles. The molecule has 0 radical (unpaired) electrons. The molecule has 1 aliphatic heterocycles. The Labute approximate surface area is 536 Å². The molecular weight excluding hydrogens is 1110 g/mol. The molecule has 5 nitrogen and oxygen atoms in total. The summed E-state index contributed by atoms with van der Waals surface area (Å²) in [4.78, 5) is 4.57. The number of hydrogen-bond acceptors (Lipinski definition) is 5. The Morgan fingerprint density at radius 2 is 0.659 bits per heavy atom. The Hall–Kier alpha value is -7.17. The number of rotatable bonds is 23. The number of anilines is 6. The Bertz CT molecular complexity index is 3050. The van der Waals surface area contributed by atoms with Crippen molar-refractivity contribution in [1.82, 2.24) is 0 Å². The lowest BCUT2D eigenvalue weighted by atomic mass is 9.84. The van der Waals surface area contributed by atoms with Crippen LogP contribution in [0.3, 0.4) is 0 Å². The van der Waals surface area contributed by atoms with Gasteiger partial charge in [0.05, 0.1) is 0 Å². The highest BCUT2D eigenvalue weighted by Gasteiger charge is 2.48. The van der Waals surface area contributed by atoms with Gasteiger partial charge in [0.15, 0.2) is 0 Å². The summed E-state index contributed by atoms with van der Waals surface area (Å²) in [5.74, 6) is 3.02. The third-order valence-corrected chi connectivity index (χ3v) is 29.6. The van der Waals surface area contributed by atoms with E-state index in [1.54, 1.807) is 0 Å². The first-order valence-corrected chi connectivity index (χ1v) is 36.6. The Kier molecular flexibility index (Phi) is 29.1. The highest BCUT2D eigenvalue weighted by molar-refractivity contribution is 6.78. The molecule has 1 fully saturated rings. The van der Waals surface area contributed by atoms with Crippen molar-refractivity contribution in [2.24, 2.45) is 0 Å². The predicted octanol–water partition coefficient (Wildman–Crippen LogP) is 25.5. The van der Waals surface area contributed by atoms with Crippen molar-refractivity contribution in [2.75, 3.05) is 23.0 Å². The minimum atomic E-state index is -1.95. The molecule has 2 atom stereocenters. The van der Waals surface area contributed by atoms with Gasteiger partial charge in [0.1, 0.15) is 11.5 Å². The number of benzene rings is 8. The van der Waals surface area contributed by atoms with Crippen molar-refractivity contribution in [3.8, 4) is 11.5 Å². The zero-order valence-corrected chi connectivity index (χ0v) is 57.3. The van der Waals surface area contributed by atoms with E-state index < -0.39 is 16.6 Å². The standard InChI is InChI=1S/C39H51NOSi.C20H17N.C17H28OSi.C4H8O.CH4/c1-9-33(28-32(8)34-22-26-39(27-23-34)41-42(29(2)3,30(4)5)31(6)7)35-20-24-38(25-21-35)40(36-16-12-10-13-17-36)37-18-14-11-15-19-37;1-2-17-13-15-20(16-14-17)21(18-9-5-3-6-10-18)19-11-7-4-8-12-19;1-8-16-9-11-17(12-10-16)18-19(13(2)3,14(4)5)15(6)7;1-2-4-5-3-1;/h10-27,29-33H,9,28H2,1-8H3;2-16H,1H2;8-15H,1H2,2-7H3;1-4H2;1H4. The lowest BCUT2D eigenvalue weighted by Crippen LogP contribution is -2.50. The minimum absolute atomic E-state index is 0. The Morgan fingerprint density at radius 1 is 0.386 bits per heavy atom. The number of hydrogen-bond donors (Lipinski definition) is 0. The minimum Gasteiger partial charge on any atom is -0.543 e. The summed E-state index contributed by atoms with van der Waals surface area (Å²) in [6.45, 7) is 42.2. The first-order chi connectivity index (χ1) is 41.9. The highest BCUT2D eigenvalue weighted by Crippen LogP contribution is 2.45. The van der Waals surface area contributed by atoms with Gasteiger partial charge in [-0.3, -0.25) is 0 Å². The first-order valence-electron chi connectivity index (χ1n) is 32.3. The summed E-state index contributed by atoms with van der Waals surface area (Å²) in [5, 5.41) is 0. The van der Waals surface area contributed by atoms with E-state index in [9.17, 15) is 0 Å². The molecule has 8 aromatic rings. The van der Waals surface area contributed by atoms with Gasteiger partial charge in [-0.25, -0.2) is 0 Å². The fourth-order valence-corrected chi connectivity index (χ4v) is 23.6. The predicted molar refractivity (Wildman–Crippen MR) is 392 cm³/mol. The van der Waals surface area contributed by atoms with E-state index in [0.29, 0.717) is 45.1 Å². The maximum Gasteiger partial charge on any atom is 0.258 e. The van der Waals surface area contributed by atoms with Gasteiger partial charge >= 0.3 is 0 Å². The van der Waals surface area contributed by atoms with Crippen molar-refractivity contribution >= 4 is 62.9 Å². The van der Waals surface area contributed by atoms with Crippen molar-refractivity contribution in [3.63, 3.8) is 0 Å². The van der Waals surface area contributed by atoms with E-state index in [4.69, 9.17) is 13.6 Å². The molecule has 7 heteroatoms. The lowest BCUT2D eigenvalue weighted by Gasteiger charge is -2.42. The van der Waals surface area contributed by atoms with Crippen LogP contribution in [0.25, 0.3) is 12.2 Å². The van der Waals surface area contributed by atoms with E-state index >= 15 is 0 Å². The van der Waals surface area contributed by atoms with Gasteiger partial charge in [-0.15, -0.1) is 0 Å². The van der Waals surface area contributed by atoms with Gasteiger partial charge < -0.3 is 23.4 Å². The highest BCUT2D eigenvalue weighted by atomic mass is 28.4. The molecule has 0 saturated carbocycles. The average Bonchev–Trinajstić information content (AvgIpc) is 2.71. The summed E-state index contributed by atoms with van der Waals surface area (Å²) in [6, 6.07) is 77.0. The fraction of sp³-hybridized carbons (Fsp3) is 0.358. The van der Waals surface area contributed by atoms with Gasteiger partial charge in [-0.05, 0) is 190 Å². The summed E-state index contributed by atoms with van der Waals surface area (Å²) < 4.78 is 18.5. The molecule has 1 heterocycles. The third kappa shape index (κ3) is 19.2. The van der Waals surface area contributed by atoms with Crippen LogP contribution >= 0.6 is 0 Å². The van der Waals surface area contributed by atoms with Gasteiger partial charge in [0, 0.05) is 47.3 Å². The molecule has 1 aliphatic rings. The van der Waals surface area contributed by atoms with Crippen LogP contribution in [0, 0.1) is 0 Å². The zero-order valence-electron chi connectivity index (χ0n) is 55.3. The molecule has 2 unspecified atom stereocenters. The normalized spacial score (nSPS) is 12.8. The Balaban J connectivity index is 0.000000254. The molecule has 8 aromatic carbocycles. The van der Waals surface area contributed by atoms with E-state index in [-0.39, 0.29) is 7.43 Å². The molecule has 88 heavy (non-hydrogen) atoms. The summed E-state index contributed by atoms with van der Waals surface area (Å²) in [6.07, 6.45) is 8.53. The summed E-state index contributed by atoms with van der Waals surface area (Å²) in [5.41, 5.74) is 15.5. The number of ether oxygens (including phenoxy) is 1. The topological polar surface area (TPSA) is 34.2 Å².